The molecule has 1 aliphatic carbocycles. The Morgan fingerprint density at radius 2 is 1.85 bits per heavy atom. The fraction of sp³-hybridized carbons (Fsp3) is 0.700. The molecule has 0 spiro atoms. The van der Waals surface area contributed by atoms with Crippen LogP contribution in [0.4, 0.5) is 0 Å². The molecule has 146 valence electrons. The first kappa shape index (κ1) is 19.6. The van der Waals surface area contributed by atoms with Gasteiger partial charge in [0.25, 0.3) is 0 Å². The number of hydrogen-bond donors (Lipinski definition) is 0. The van der Waals surface area contributed by atoms with Crippen molar-refractivity contribution in [2.45, 2.75) is 51.0 Å². The molecule has 0 bridgehead atoms. The van der Waals surface area contributed by atoms with Gasteiger partial charge in [-0.1, -0.05) is 31.9 Å². The maximum Gasteiger partial charge on any atom is 0.214 e. The Labute approximate surface area is 157 Å². The van der Waals surface area contributed by atoms with Crippen molar-refractivity contribution < 1.29 is 17.9 Å². The topological polar surface area (TPSA) is 55.8 Å². The van der Waals surface area contributed by atoms with Gasteiger partial charge >= 0.3 is 0 Å². The molecule has 0 unspecified atom stereocenters. The van der Waals surface area contributed by atoms with Gasteiger partial charge in [0, 0.05) is 13.1 Å². The molecule has 2 fully saturated rings. The van der Waals surface area contributed by atoms with E-state index in [1.807, 2.05) is 31.2 Å². The third-order valence-corrected chi connectivity index (χ3v) is 7.65. The zero-order chi connectivity index (χ0) is 18.6. The van der Waals surface area contributed by atoms with E-state index in [1.54, 1.807) is 11.4 Å². The fourth-order valence-corrected chi connectivity index (χ4v) is 5.81. The van der Waals surface area contributed by atoms with Gasteiger partial charge in [0.05, 0.1) is 25.6 Å². The molecule has 1 aliphatic heterocycles. The lowest BCUT2D eigenvalue weighted by Crippen LogP contribution is -2.34. The van der Waals surface area contributed by atoms with Gasteiger partial charge in [0.2, 0.25) is 10.0 Å². The monoisotopic (exact) mass is 381 g/mol. The minimum absolute atomic E-state index is 0.0284. The minimum atomic E-state index is -3.23. The highest BCUT2D eigenvalue weighted by Gasteiger charge is 2.33. The van der Waals surface area contributed by atoms with E-state index in [9.17, 15) is 8.42 Å². The van der Waals surface area contributed by atoms with Crippen LogP contribution in [0.25, 0.3) is 0 Å². The molecule has 0 radical (unpaired) electrons. The summed E-state index contributed by atoms with van der Waals surface area (Å²) in [7, 11) is -1.58. The van der Waals surface area contributed by atoms with E-state index < -0.39 is 10.0 Å². The van der Waals surface area contributed by atoms with E-state index in [4.69, 9.17) is 9.47 Å². The lowest BCUT2D eigenvalue weighted by atomic mass is 9.99. The first-order valence-corrected chi connectivity index (χ1v) is 11.3. The van der Waals surface area contributed by atoms with Crippen LogP contribution >= 0.6 is 0 Å². The molecular formula is C20H31NO4S. The van der Waals surface area contributed by atoms with E-state index in [0.717, 1.165) is 25.0 Å². The molecule has 2 aliphatic rings. The molecule has 5 nitrogen and oxygen atoms in total. The van der Waals surface area contributed by atoms with Crippen molar-refractivity contribution in [3.63, 3.8) is 0 Å². The van der Waals surface area contributed by atoms with Crippen molar-refractivity contribution in [3.05, 3.63) is 29.8 Å². The molecule has 1 aromatic rings. The standard InChI is InChI=1S/C20H31NO4S/c1-16(14-25-20-5-3-4-6-20)15-26(22,23)21-12-11-18(13-21)17-7-9-19(24-2)10-8-17/h7-10,16,18,20H,3-6,11-15H2,1-2H3/t16-,18+/m1/s1. The summed E-state index contributed by atoms with van der Waals surface area (Å²) in [5.74, 6) is 1.29. The molecule has 1 heterocycles. The van der Waals surface area contributed by atoms with Crippen LogP contribution in [0.5, 0.6) is 5.75 Å². The second kappa shape index (κ2) is 8.72. The first-order valence-electron chi connectivity index (χ1n) is 9.71. The van der Waals surface area contributed by atoms with Crippen molar-refractivity contribution in [1.82, 2.24) is 4.31 Å². The summed E-state index contributed by atoms with van der Waals surface area (Å²) in [5, 5.41) is 0. The molecule has 26 heavy (non-hydrogen) atoms. The minimum Gasteiger partial charge on any atom is -0.497 e. The number of nitrogens with zero attached hydrogens (tertiary/aromatic N) is 1. The van der Waals surface area contributed by atoms with Gasteiger partial charge in [0.1, 0.15) is 5.75 Å². The number of ether oxygens (including phenoxy) is 2. The lowest BCUT2D eigenvalue weighted by Gasteiger charge is -2.21. The average molecular weight is 382 g/mol. The van der Waals surface area contributed by atoms with E-state index in [1.165, 1.54) is 18.4 Å². The Kier molecular flexibility index (Phi) is 6.59. The molecule has 0 N–H and O–H groups in total. The summed E-state index contributed by atoms with van der Waals surface area (Å²) in [4.78, 5) is 0. The summed E-state index contributed by atoms with van der Waals surface area (Å²) in [5.41, 5.74) is 1.18. The van der Waals surface area contributed by atoms with Crippen LogP contribution in [0.3, 0.4) is 0 Å². The quantitative estimate of drug-likeness (QED) is 0.692. The number of sulfonamides is 1. The normalized spacial score (nSPS) is 23.4. The molecule has 6 heteroatoms. The summed E-state index contributed by atoms with van der Waals surface area (Å²) in [6.07, 6.45) is 5.92. The van der Waals surface area contributed by atoms with Crippen molar-refractivity contribution in [3.8, 4) is 5.75 Å². The van der Waals surface area contributed by atoms with E-state index in [0.29, 0.717) is 25.8 Å². The number of rotatable bonds is 8. The van der Waals surface area contributed by atoms with Crippen molar-refractivity contribution in [2.24, 2.45) is 5.92 Å². The molecule has 2 atom stereocenters. The predicted molar refractivity (Wildman–Crippen MR) is 103 cm³/mol. The summed E-state index contributed by atoms with van der Waals surface area (Å²) < 4.78 is 38.3. The molecule has 1 saturated heterocycles. The molecule has 0 aromatic heterocycles. The highest BCUT2D eigenvalue weighted by atomic mass is 32.2. The van der Waals surface area contributed by atoms with Crippen LogP contribution in [0.15, 0.2) is 24.3 Å². The fourth-order valence-electron chi connectivity index (χ4n) is 4.00. The first-order chi connectivity index (χ1) is 12.5. The zero-order valence-corrected chi connectivity index (χ0v) is 16.7. The smallest absolute Gasteiger partial charge is 0.214 e. The molecule has 0 amide bonds. The van der Waals surface area contributed by atoms with Gasteiger partial charge < -0.3 is 9.47 Å². The SMILES string of the molecule is COc1ccc([C@H]2CCN(S(=O)(=O)C[C@H](C)COC3CCCC3)C2)cc1. The summed E-state index contributed by atoms with van der Waals surface area (Å²) in [6.45, 7) is 3.70. The van der Waals surface area contributed by atoms with Crippen molar-refractivity contribution in [1.29, 1.82) is 0 Å². The lowest BCUT2D eigenvalue weighted by molar-refractivity contribution is 0.0411. The number of benzene rings is 1. The Morgan fingerprint density at radius 3 is 2.50 bits per heavy atom. The van der Waals surface area contributed by atoms with Crippen LogP contribution in [0, 0.1) is 5.92 Å². The van der Waals surface area contributed by atoms with Gasteiger partial charge in [-0.15, -0.1) is 0 Å². The van der Waals surface area contributed by atoms with Crippen molar-refractivity contribution >= 4 is 10.0 Å². The van der Waals surface area contributed by atoms with Gasteiger partial charge in [-0.3, -0.25) is 0 Å². The average Bonchev–Trinajstić information content (AvgIpc) is 3.32. The Morgan fingerprint density at radius 1 is 1.15 bits per heavy atom. The molecule has 1 saturated carbocycles. The highest BCUT2D eigenvalue weighted by molar-refractivity contribution is 7.89. The Hall–Kier alpha value is -1.11. The zero-order valence-electron chi connectivity index (χ0n) is 15.9. The van der Waals surface area contributed by atoms with Gasteiger partial charge in [0.15, 0.2) is 0 Å². The second-order valence-corrected chi connectivity index (χ2v) is 9.75. The number of hydrogen-bond acceptors (Lipinski definition) is 4. The van der Waals surface area contributed by atoms with Gasteiger partial charge in [-0.05, 0) is 48.8 Å². The third kappa shape index (κ3) is 4.99. The van der Waals surface area contributed by atoms with Crippen molar-refractivity contribution in [2.75, 3.05) is 32.6 Å². The van der Waals surface area contributed by atoms with E-state index in [-0.39, 0.29) is 17.6 Å². The predicted octanol–water partition coefficient (Wildman–Crippen LogP) is 3.41. The third-order valence-electron chi connectivity index (χ3n) is 5.55. The molecular weight excluding hydrogens is 350 g/mol. The molecule has 3 rings (SSSR count). The maximum atomic E-state index is 12.8. The molecule has 1 aromatic carbocycles. The van der Waals surface area contributed by atoms with Gasteiger partial charge in [-0.2, -0.15) is 0 Å². The van der Waals surface area contributed by atoms with Crippen LogP contribution < -0.4 is 4.74 Å². The summed E-state index contributed by atoms with van der Waals surface area (Å²) in [6, 6.07) is 7.96. The Bertz CT molecular complexity index is 668. The number of methoxy groups -OCH3 is 1. The van der Waals surface area contributed by atoms with Crippen LogP contribution in [-0.4, -0.2) is 51.4 Å². The Balaban J connectivity index is 1.50. The van der Waals surface area contributed by atoms with Crippen LogP contribution in [0.1, 0.15) is 50.5 Å². The van der Waals surface area contributed by atoms with Crippen LogP contribution in [-0.2, 0) is 14.8 Å². The van der Waals surface area contributed by atoms with Crippen LogP contribution in [0.2, 0.25) is 0 Å². The van der Waals surface area contributed by atoms with Gasteiger partial charge in [-0.25, -0.2) is 12.7 Å². The van der Waals surface area contributed by atoms with E-state index in [2.05, 4.69) is 0 Å². The largest absolute Gasteiger partial charge is 0.497 e. The highest BCUT2D eigenvalue weighted by Crippen LogP contribution is 2.30. The second-order valence-electron chi connectivity index (χ2n) is 7.74. The van der Waals surface area contributed by atoms with E-state index >= 15 is 0 Å². The summed E-state index contributed by atoms with van der Waals surface area (Å²) >= 11 is 0. The maximum absolute atomic E-state index is 12.8.